The first-order valence-corrected chi connectivity index (χ1v) is 16.3. The second-order valence-electron chi connectivity index (χ2n) is 9.80. The average molecular weight is 711 g/mol. The van der Waals surface area contributed by atoms with Gasteiger partial charge in [0.1, 0.15) is 30.8 Å². The van der Waals surface area contributed by atoms with E-state index in [0.717, 1.165) is 0 Å². The molecular formula is C32H30Cl3NO9S. The number of halogens is 3. The van der Waals surface area contributed by atoms with Crippen molar-refractivity contribution in [2.24, 2.45) is 0 Å². The maximum absolute atomic E-state index is 13.4. The van der Waals surface area contributed by atoms with Crippen molar-refractivity contribution in [2.75, 3.05) is 19.0 Å². The summed E-state index contributed by atoms with van der Waals surface area (Å²) in [7, 11) is 0. The van der Waals surface area contributed by atoms with Crippen molar-refractivity contribution in [1.29, 1.82) is 0 Å². The van der Waals surface area contributed by atoms with Crippen molar-refractivity contribution < 1.29 is 42.9 Å². The first kappa shape index (κ1) is 35.4. The van der Waals surface area contributed by atoms with E-state index < -0.39 is 64.2 Å². The van der Waals surface area contributed by atoms with Crippen LogP contribution >= 0.6 is 46.6 Å². The predicted molar refractivity (Wildman–Crippen MR) is 173 cm³/mol. The van der Waals surface area contributed by atoms with Gasteiger partial charge in [-0.1, -0.05) is 96.3 Å². The largest absolute Gasteiger partial charge is 0.459 e. The van der Waals surface area contributed by atoms with Gasteiger partial charge in [-0.05, 0) is 42.2 Å². The highest BCUT2D eigenvalue weighted by Crippen LogP contribution is 2.34. The molecule has 4 rings (SSSR count). The maximum Gasteiger partial charge on any atom is 0.407 e. The maximum atomic E-state index is 13.4. The Balaban J connectivity index is 1.70. The first-order chi connectivity index (χ1) is 22.1. The first-order valence-electron chi connectivity index (χ1n) is 14.1. The number of thioether (sulfide) groups is 1. The summed E-state index contributed by atoms with van der Waals surface area (Å²) in [6.45, 7) is 0.885. The second-order valence-corrected chi connectivity index (χ2v) is 13.7. The van der Waals surface area contributed by atoms with Crippen LogP contribution in [0.3, 0.4) is 0 Å². The molecule has 0 aliphatic carbocycles. The Morgan fingerprint density at radius 2 is 1.22 bits per heavy atom. The summed E-state index contributed by atoms with van der Waals surface area (Å²) in [6, 6.07) is 23.4. The van der Waals surface area contributed by atoms with Gasteiger partial charge in [0.2, 0.25) is 3.79 Å². The fourth-order valence-electron chi connectivity index (χ4n) is 4.45. The van der Waals surface area contributed by atoms with E-state index >= 15 is 0 Å². The van der Waals surface area contributed by atoms with E-state index in [1.165, 1.54) is 11.8 Å². The van der Waals surface area contributed by atoms with Crippen LogP contribution in [0.4, 0.5) is 4.79 Å². The van der Waals surface area contributed by atoms with Crippen LogP contribution < -0.4 is 5.32 Å². The minimum Gasteiger partial charge on any atom is -0.459 e. The minimum absolute atomic E-state index is 0.200. The van der Waals surface area contributed by atoms with Gasteiger partial charge in [-0.3, -0.25) is 0 Å². The molecule has 244 valence electrons. The standard InChI is InChI=1S/C32H30Cl3NO9S/c1-2-46-30-24(36-31(40)42-19-32(33,34)35)26(45-29(39)22-16-10-5-11-17-22)25(44-28(38)21-14-8-4-9-15-21)23(43-30)18-41-27(37)20-12-6-3-7-13-20/h3-17,23-26,30H,2,18-19H2,1H3,(H,36,40)/t23-,24-,25-,26-,30+/m1/s1. The molecular weight excluding hydrogens is 681 g/mol. The van der Waals surface area contributed by atoms with Crippen LogP contribution in [-0.4, -0.2) is 76.6 Å². The molecule has 0 unspecified atom stereocenters. The highest BCUT2D eigenvalue weighted by atomic mass is 35.6. The number of esters is 3. The second kappa shape index (κ2) is 16.9. The van der Waals surface area contributed by atoms with E-state index in [9.17, 15) is 19.2 Å². The molecule has 3 aromatic carbocycles. The van der Waals surface area contributed by atoms with E-state index in [1.807, 2.05) is 6.92 Å². The molecule has 0 radical (unpaired) electrons. The molecule has 10 nitrogen and oxygen atoms in total. The Morgan fingerprint density at radius 3 is 1.70 bits per heavy atom. The molecule has 3 aromatic rings. The van der Waals surface area contributed by atoms with Crippen LogP contribution in [0.2, 0.25) is 0 Å². The number of alkyl carbamates (subject to hydrolysis) is 1. The molecule has 1 N–H and O–H groups in total. The highest BCUT2D eigenvalue weighted by molar-refractivity contribution is 7.99. The summed E-state index contributed by atoms with van der Waals surface area (Å²) >= 11 is 18.5. The minimum atomic E-state index is -1.89. The molecule has 1 heterocycles. The Bertz CT molecular complexity index is 1460. The quantitative estimate of drug-likeness (QED) is 0.139. The van der Waals surface area contributed by atoms with Gasteiger partial charge in [0.15, 0.2) is 12.2 Å². The fraction of sp³-hybridized carbons (Fsp3) is 0.312. The van der Waals surface area contributed by atoms with Crippen molar-refractivity contribution in [3.05, 3.63) is 108 Å². The highest BCUT2D eigenvalue weighted by Gasteiger charge is 2.52. The number of carbonyl (C=O) groups excluding carboxylic acids is 4. The van der Waals surface area contributed by atoms with E-state index in [0.29, 0.717) is 11.3 Å². The van der Waals surface area contributed by atoms with Gasteiger partial charge in [0.05, 0.1) is 16.7 Å². The van der Waals surface area contributed by atoms with Crippen molar-refractivity contribution in [2.45, 2.75) is 40.5 Å². The zero-order chi connectivity index (χ0) is 33.1. The predicted octanol–water partition coefficient (Wildman–Crippen LogP) is 6.24. The Kier molecular flexibility index (Phi) is 13.0. The SMILES string of the molecule is CCS[C@@H]1O[C@H](COC(=O)c2ccccc2)[C@@H](OC(=O)c2ccccc2)[C@H](OC(=O)c2ccccc2)[C@H]1NC(=O)OCC(Cl)(Cl)Cl. The number of carbonyl (C=O) groups is 4. The number of hydrogen-bond acceptors (Lipinski definition) is 10. The Labute approximate surface area is 284 Å². The lowest BCUT2D eigenvalue weighted by molar-refractivity contribution is -0.174. The lowest BCUT2D eigenvalue weighted by Gasteiger charge is -2.45. The van der Waals surface area contributed by atoms with E-state index in [1.54, 1.807) is 91.0 Å². The summed E-state index contributed by atoms with van der Waals surface area (Å²) in [5.41, 5.74) is -0.205. The number of alkyl halides is 3. The molecule has 0 aromatic heterocycles. The molecule has 0 bridgehead atoms. The third-order valence-electron chi connectivity index (χ3n) is 6.52. The van der Waals surface area contributed by atoms with Crippen LogP contribution in [0.1, 0.15) is 38.0 Å². The third kappa shape index (κ3) is 10.3. The summed E-state index contributed by atoms with van der Waals surface area (Å²) in [5, 5.41) is 2.63. The van der Waals surface area contributed by atoms with Crippen LogP contribution in [0, 0.1) is 0 Å². The van der Waals surface area contributed by atoms with Gasteiger partial charge < -0.3 is 29.0 Å². The summed E-state index contributed by atoms with van der Waals surface area (Å²) in [6.07, 6.45) is -4.88. The zero-order valence-electron chi connectivity index (χ0n) is 24.4. The van der Waals surface area contributed by atoms with Gasteiger partial charge in [-0.15, -0.1) is 11.8 Å². The van der Waals surface area contributed by atoms with Crippen LogP contribution in [0.15, 0.2) is 91.0 Å². The van der Waals surface area contributed by atoms with Crippen LogP contribution in [-0.2, 0) is 23.7 Å². The van der Waals surface area contributed by atoms with Crippen LogP contribution in [0.25, 0.3) is 0 Å². The topological polar surface area (TPSA) is 126 Å². The fourth-order valence-corrected chi connectivity index (χ4v) is 5.60. The van der Waals surface area contributed by atoms with Crippen molar-refractivity contribution in [1.82, 2.24) is 5.32 Å². The number of nitrogens with one attached hydrogen (secondary N) is 1. The van der Waals surface area contributed by atoms with E-state index in [4.69, 9.17) is 58.5 Å². The van der Waals surface area contributed by atoms with Gasteiger partial charge in [-0.2, -0.15) is 0 Å². The summed E-state index contributed by atoms with van der Waals surface area (Å²) in [4.78, 5) is 52.6. The molecule has 1 fully saturated rings. The summed E-state index contributed by atoms with van der Waals surface area (Å²) < 4.78 is 27.0. The number of benzene rings is 3. The van der Waals surface area contributed by atoms with Crippen molar-refractivity contribution in [3.63, 3.8) is 0 Å². The normalized spacial score (nSPS) is 21.0. The molecule has 1 aliphatic rings. The molecule has 1 amide bonds. The number of rotatable bonds is 11. The van der Waals surface area contributed by atoms with Gasteiger partial charge in [-0.25, -0.2) is 19.2 Å². The van der Waals surface area contributed by atoms with E-state index in [2.05, 4.69) is 5.32 Å². The Hall–Kier alpha value is -3.48. The Morgan fingerprint density at radius 1 is 0.739 bits per heavy atom. The number of hydrogen-bond donors (Lipinski definition) is 1. The number of ether oxygens (including phenoxy) is 5. The lowest BCUT2D eigenvalue weighted by atomic mass is 9.97. The number of amides is 1. The molecule has 14 heteroatoms. The smallest absolute Gasteiger partial charge is 0.407 e. The van der Waals surface area contributed by atoms with Gasteiger partial charge in [0.25, 0.3) is 0 Å². The monoisotopic (exact) mass is 709 g/mol. The molecule has 1 aliphatic heterocycles. The summed E-state index contributed by atoms with van der Waals surface area (Å²) in [5.74, 6) is -1.69. The molecule has 5 atom stereocenters. The van der Waals surface area contributed by atoms with Gasteiger partial charge in [0, 0.05) is 0 Å². The average Bonchev–Trinajstić information content (AvgIpc) is 3.06. The molecule has 46 heavy (non-hydrogen) atoms. The zero-order valence-corrected chi connectivity index (χ0v) is 27.5. The van der Waals surface area contributed by atoms with Gasteiger partial charge >= 0.3 is 24.0 Å². The van der Waals surface area contributed by atoms with Crippen LogP contribution in [0.5, 0.6) is 0 Å². The third-order valence-corrected chi connectivity index (χ3v) is 7.92. The molecule has 0 spiro atoms. The van der Waals surface area contributed by atoms with E-state index in [-0.39, 0.29) is 17.7 Å². The van der Waals surface area contributed by atoms with Crippen molar-refractivity contribution in [3.8, 4) is 0 Å². The van der Waals surface area contributed by atoms with Crippen molar-refractivity contribution >= 4 is 70.6 Å². The lowest BCUT2D eigenvalue weighted by Crippen LogP contribution is -2.65. The molecule has 1 saturated heterocycles. The molecule has 0 saturated carbocycles.